The Hall–Kier alpha value is -5.34. The number of H-pyrrole nitrogens is 2. The molecule has 2 aromatic heterocycles. The number of hydrogen-bond donors (Lipinski definition) is 5. The quantitative estimate of drug-likeness (QED) is 0.148. The molecule has 5 rings (SSSR count). The van der Waals surface area contributed by atoms with E-state index in [0.717, 1.165) is 11.0 Å². The number of aromatic nitrogens is 6. The zero-order chi connectivity index (χ0) is 24.0. The Bertz CT molecular complexity index is 1430. The summed E-state index contributed by atoms with van der Waals surface area (Å²) in [5.41, 5.74) is 19.3. The number of benzene rings is 3. The van der Waals surface area contributed by atoms with Crippen LogP contribution in [0.15, 0.2) is 54.6 Å². The maximum absolute atomic E-state index is 10.4. The van der Waals surface area contributed by atoms with E-state index in [1.165, 1.54) is 24.3 Å². The molecule has 0 amide bonds. The smallest absolute Gasteiger partial charge is 0.299 e. The number of nitro benzene ring substituents is 2. The molecule has 0 unspecified atom stereocenters. The van der Waals surface area contributed by atoms with Crippen LogP contribution in [0.4, 0.5) is 28.4 Å². The van der Waals surface area contributed by atoms with Crippen LogP contribution in [0.25, 0.3) is 22.1 Å². The number of fused-ring (bicyclic) bond motifs is 2. The highest BCUT2D eigenvalue weighted by Gasteiger charge is 2.13. The molecule has 0 saturated carbocycles. The average molecular weight is 451 g/mol. The summed E-state index contributed by atoms with van der Waals surface area (Å²) in [6, 6.07) is 14.4. The first-order chi connectivity index (χ1) is 15.8. The van der Waals surface area contributed by atoms with Gasteiger partial charge in [0.25, 0.3) is 11.4 Å². The highest BCUT2D eigenvalue weighted by Crippen LogP contribution is 2.26. The van der Waals surface area contributed by atoms with Crippen molar-refractivity contribution in [2.75, 3.05) is 17.2 Å². The Kier molecular flexibility index (Phi) is 6.53. The van der Waals surface area contributed by atoms with Gasteiger partial charge in [-0.3, -0.25) is 20.2 Å². The van der Waals surface area contributed by atoms with Crippen molar-refractivity contribution in [2.45, 2.75) is 0 Å². The van der Waals surface area contributed by atoms with Crippen LogP contribution in [0.5, 0.6) is 0 Å². The summed E-state index contributed by atoms with van der Waals surface area (Å²) in [6.45, 7) is 0. The second-order valence-corrected chi connectivity index (χ2v) is 6.30. The van der Waals surface area contributed by atoms with Gasteiger partial charge in [0.05, 0.1) is 21.2 Å². The molecular weight excluding hydrogens is 434 g/mol. The molecule has 2 heterocycles. The summed E-state index contributed by atoms with van der Waals surface area (Å²) in [5, 5.41) is 40.6. The Balaban J connectivity index is 0.000000140. The minimum atomic E-state index is -0.564. The van der Waals surface area contributed by atoms with Crippen LogP contribution < -0.4 is 17.2 Å². The van der Waals surface area contributed by atoms with E-state index in [1.807, 2.05) is 12.1 Å². The van der Waals surface area contributed by atoms with Crippen molar-refractivity contribution in [3.63, 3.8) is 0 Å². The number of non-ortho nitro benzene ring substituents is 1. The van der Waals surface area contributed by atoms with Crippen molar-refractivity contribution < 1.29 is 9.85 Å². The van der Waals surface area contributed by atoms with Crippen LogP contribution >= 0.6 is 0 Å². The second-order valence-electron chi connectivity index (χ2n) is 6.30. The summed E-state index contributed by atoms with van der Waals surface area (Å²) in [6.07, 6.45) is 0. The van der Waals surface area contributed by atoms with Gasteiger partial charge in [-0.25, -0.2) is 0 Å². The minimum absolute atomic E-state index is 0.0255. The Morgan fingerprint density at radius 1 is 0.636 bits per heavy atom. The third-order valence-electron chi connectivity index (χ3n) is 4.21. The van der Waals surface area contributed by atoms with Gasteiger partial charge < -0.3 is 17.2 Å². The normalized spacial score (nSPS) is 10.1. The average Bonchev–Trinajstić information content (AvgIpc) is 3.46. The topological polar surface area (TPSA) is 247 Å². The molecule has 0 bridgehead atoms. The number of aromatic amines is 2. The summed E-state index contributed by atoms with van der Waals surface area (Å²) in [4.78, 5) is 19.6. The number of nitrogens with two attached hydrogens (primary N) is 3. The molecule has 0 aliphatic carbocycles. The third-order valence-corrected chi connectivity index (χ3v) is 4.21. The van der Waals surface area contributed by atoms with Gasteiger partial charge in [0.2, 0.25) is 0 Å². The van der Waals surface area contributed by atoms with E-state index in [4.69, 9.17) is 17.2 Å². The molecule has 0 aliphatic rings. The summed E-state index contributed by atoms with van der Waals surface area (Å²) < 4.78 is 0. The van der Waals surface area contributed by atoms with E-state index in [2.05, 4.69) is 30.8 Å². The highest BCUT2D eigenvalue weighted by molar-refractivity contribution is 5.85. The fourth-order valence-corrected chi connectivity index (χ4v) is 2.62. The van der Waals surface area contributed by atoms with Gasteiger partial charge in [0.1, 0.15) is 22.2 Å². The van der Waals surface area contributed by atoms with Gasteiger partial charge in [-0.2, -0.15) is 25.7 Å². The molecular formula is C18H17N11O4. The van der Waals surface area contributed by atoms with Crippen molar-refractivity contribution >= 4 is 50.5 Å². The zero-order valence-electron chi connectivity index (χ0n) is 16.7. The summed E-state index contributed by atoms with van der Waals surface area (Å²) >= 11 is 0. The molecule has 0 saturated heterocycles. The first-order valence-corrected chi connectivity index (χ1v) is 9.06. The van der Waals surface area contributed by atoms with Gasteiger partial charge in [-0.15, -0.1) is 5.10 Å². The van der Waals surface area contributed by atoms with Crippen LogP contribution in [-0.2, 0) is 0 Å². The van der Waals surface area contributed by atoms with Crippen LogP contribution in [0, 0.1) is 20.2 Å². The van der Waals surface area contributed by atoms with E-state index in [0.29, 0.717) is 16.7 Å². The van der Waals surface area contributed by atoms with Crippen LogP contribution in [0.2, 0.25) is 0 Å². The first kappa shape index (κ1) is 22.3. The van der Waals surface area contributed by atoms with Crippen LogP contribution in [-0.4, -0.2) is 40.7 Å². The SMILES string of the molecule is Nc1cccc([N+](=O)[O-])c1N.Nc1cccc2n[nH]nc12.O=[N+]([O-])c1cccc2n[nH]nc12. The third kappa shape index (κ3) is 5.05. The number of nitrogens with one attached hydrogen (secondary N) is 2. The lowest BCUT2D eigenvalue weighted by Gasteiger charge is -1.98. The van der Waals surface area contributed by atoms with Gasteiger partial charge in [0, 0.05) is 12.1 Å². The Morgan fingerprint density at radius 2 is 1.12 bits per heavy atom. The monoisotopic (exact) mass is 451 g/mol. The lowest BCUT2D eigenvalue weighted by atomic mass is 10.2. The van der Waals surface area contributed by atoms with Gasteiger partial charge in [-0.05, 0) is 24.3 Å². The number of rotatable bonds is 2. The molecule has 0 radical (unpaired) electrons. The minimum Gasteiger partial charge on any atom is -0.397 e. The molecule has 3 aromatic carbocycles. The molecule has 15 nitrogen and oxygen atoms in total. The molecule has 168 valence electrons. The Morgan fingerprint density at radius 3 is 1.70 bits per heavy atom. The fourth-order valence-electron chi connectivity index (χ4n) is 2.62. The Labute approximate surface area is 183 Å². The molecule has 8 N–H and O–H groups in total. The molecule has 0 aliphatic heterocycles. The lowest BCUT2D eigenvalue weighted by Crippen LogP contribution is -1.99. The summed E-state index contributed by atoms with van der Waals surface area (Å²) in [7, 11) is 0. The number of nitro groups is 2. The standard InChI is InChI=1S/C6H4N4O2.C6H6N4.C6H7N3O2/c11-10(12)5-3-1-2-4-6(5)8-9-7-4;7-4-2-1-3-5-6(4)9-10-8-5;7-4-2-1-3-5(6(4)8)9(10)11/h1-3H,(H,7,8,9);1-3H,7H2,(H,8,9,10);1-3H,7-8H2. The van der Waals surface area contributed by atoms with Crippen molar-refractivity contribution in [1.82, 2.24) is 30.8 Å². The van der Waals surface area contributed by atoms with Gasteiger partial charge in [0.15, 0.2) is 5.52 Å². The van der Waals surface area contributed by atoms with Gasteiger partial charge in [-0.1, -0.05) is 18.2 Å². The van der Waals surface area contributed by atoms with E-state index in [-0.39, 0.29) is 22.7 Å². The van der Waals surface area contributed by atoms with Crippen molar-refractivity contribution in [3.8, 4) is 0 Å². The maximum Gasteiger partial charge on any atom is 0.299 e. The predicted octanol–water partition coefficient (Wildman–Crippen LogP) is 2.17. The maximum atomic E-state index is 10.4. The first-order valence-electron chi connectivity index (χ1n) is 9.06. The molecule has 0 spiro atoms. The molecule has 0 atom stereocenters. The number of nitrogens with zero attached hydrogens (tertiary/aromatic N) is 6. The number of hydrogen-bond acceptors (Lipinski definition) is 11. The molecule has 0 fully saturated rings. The van der Waals surface area contributed by atoms with Crippen molar-refractivity contribution in [1.29, 1.82) is 0 Å². The fraction of sp³-hybridized carbons (Fsp3) is 0. The van der Waals surface area contributed by atoms with Crippen LogP contribution in [0.1, 0.15) is 0 Å². The number of anilines is 3. The largest absolute Gasteiger partial charge is 0.397 e. The number of nitrogen functional groups attached to an aromatic ring is 3. The van der Waals surface area contributed by atoms with E-state index >= 15 is 0 Å². The molecule has 33 heavy (non-hydrogen) atoms. The highest BCUT2D eigenvalue weighted by atomic mass is 16.6. The van der Waals surface area contributed by atoms with Crippen molar-refractivity contribution in [2.24, 2.45) is 0 Å². The predicted molar refractivity (Wildman–Crippen MR) is 121 cm³/mol. The zero-order valence-corrected chi connectivity index (χ0v) is 16.7. The van der Waals surface area contributed by atoms with E-state index in [1.54, 1.807) is 18.2 Å². The molecule has 5 aromatic rings. The van der Waals surface area contributed by atoms with E-state index in [9.17, 15) is 20.2 Å². The van der Waals surface area contributed by atoms with E-state index < -0.39 is 9.85 Å². The second kappa shape index (κ2) is 9.65. The lowest BCUT2D eigenvalue weighted by molar-refractivity contribution is -0.383. The number of para-hydroxylation sites is 3. The van der Waals surface area contributed by atoms with Crippen molar-refractivity contribution in [3.05, 3.63) is 74.8 Å². The van der Waals surface area contributed by atoms with Gasteiger partial charge >= 0.3 is 0 Å². The van der Waals surface area contributed by atoms with Crippen LogP contribution in [0.3, 0.4) is 0 Å². The molecule has 15 heteroatoms. The summed E-state index contributed by atoms with van der Waals surface area (Å²) in [5.74, 6) is 0.